The molecule has 0 radical (unpaired) electrons. The molecule has 0 N–H and O–H groups in total. The van der Waals surface area contributed by atoms with E-state index in [1.54, 1.807) is 7.05 Å². The van der Waals surface area contributed by atoms with Crippen LogP contribution in [0.2, 0.25) is 0 Å². The third kappa shape index (κ3) is 3.41. The first-order chi connectivity index (χ1) is 7.22. The number of ether oxygens (including phenoxy) is 1. The molecule has 0 aliphatic carbocycles. The Bertz CT molecular complexity index is 282. The van der Waals surface area contributed by atoms with E-state index in [-0.39, 0.29) is 0 Å². The van der Waals surface area contributed by atoms with Gasteiger partial charge in [0.2, 0.25) is 0 Å². The zero-order chi connectivity index (χ0) is 13.0. The summed E-state index contributed by atoms with van der Waals surface area (Å²) in [6.45, 7) is 9.22. The molecule has 0 saturated heterocycles. The zero-order valence-corrected chi connectivity index (χ0v) is 11.1. The molecule has 0 aromatic heterocycles. The van der Waals surface area contributed by atoms with E-state index in [4.69, 9.17) is 4.74 Å². The molecule has 4 heteroatoms. The SMILES string of the molecule is CCC(C#N)(CC)N(C)C(=O)OC(C)(C)C. The highest BCUT2D eigenvalue weighted by Crippen LogP contribution is 2.23. The van der Waals surface area contributed by atoms with Crippen molar-refractivity contribution in [3.8, 4) is 6.07 Å². The average Bonchev–Trinajstić information content (AvgIpc) is 2.18. The number of amides is 1. The van der Waals surface area contributed by atoms with Crippen molar-refractivity contribution in [3.05, 3.63) is 0 Å². The van der Waals surface area contributed by atoms with Gasteiger partial charge in [0.1, 0.15) is 11.1 Å². The lowest BCUT2D eigenvalue weighted by atomic mass is 9.93. The van der Waals surface area contributed by atoms with Gasteiger partial charge >= 0.3 is 6.09 Å². The minimum Gasteiger partial charge on any atom is -0.444 e. The predicted octanol–water partition coefficient (Wildman–Crippen LogP) is 2.94. The molecule has 0 unspecified atom stereocenters. The first kappa shape index (κ1) is 14.8. The Morgan fingerprint density at radius 1 is 1.31 bits per heavy atom. The molecule has 16 heavy (non-hydrogen) atoms. The summed E-state index contributed by atoms with van der Waals surface area (Å²) in [4.78, 5) is 13.2. The van der Waals surface area contributed by atoms with Gasteiger partial charge < -0.3 is 4.74 Å². The van der Waals surface area contributed by atoms with Crippen molar-refractivity contribution in [1.82, 2.24) is 4.90 Å². The van der Waals surface area contributed by atoms with Crippen molar-refractivity contribution in [2.24, 2.45) is 0 Å². The average molecular weight is 226 g/mol. The topological polar surface area (TPSA) is 53.3 Å². The summed E-state index contributed by atoms with van der Waals surface area (Å²) in [5.41, 5.74) is -1.30. The van der Waals surface area contributed by atoms with Crippen LogP contribution >= 0.6 is 0 Å². The van der Waals surface area contributed by atoms with Crippen LogP contribution in [-0.2, 0) is 4.74 Å². The molecule has 0 fully saturated rings. The van der Waals surface area contributed by atoms with Gasteiger partial charge in [-0.3, -0.25) is 4.90 Å². The number of hydrogen-bond acceptors (Lipinski definition) is 3. The highest BCUT2D eigenvalue weighted by Gasteiger charge is 2.36. The van der Waals surface area contributed by atoms with Crippen LogP contribution < -0.4 is 0 Å². The fourth-order valence-corrected chi connectivity index (χ4v) is 1.46. The number of rotatable bonds is 3. The quantitative estimate of drug-likeness (QED) is 0.743. The monoisotopic (exact) mass is 226 g/mol. The summed E-state index contributed by atoms with van der Waals surface area (Å²) in [6.07, 6.45) is 0.739. The van der Waals surface area contributed by atoms with Gasteiger partial charge in [-0.15, -0.1) is 0 Å². The highest BCUT2D eigenvalue weighted by molar-refractivity contribution is 5.69. The third-order valence-electron chi connectivity index (χ3n) is 2.69. The van der Waals surface area contributed by atoms with Gasteiger partial charge in [-0.05, 0) is 33.6 Å². The number of carbonyl (C=O) groups excluding carboxylic acids is 1. The standard InChI is InChI=1S/C12H22N2O2/c1-7-12(8-2,9-13)14(6)10(15)16-11(3,4)5/h7-8H2,1-6H3. The molecule has 92 valence electrons. The van der Waals surface area contributed by atoms with Crippen molar-refractivity contribution in [3.63, 3.8) is 0 Å². The van der Waals surface area contributed by atoms with Crippen LogP contribution in [0.1, 0.15) is 47.5 Å². The van der Waals surface area contributed by atoms with Crippen molar-refractivity contribution in [2.45, 2.75) is 58.6 Å². The molecule has 1 amide bonds. The van der Waals surface area contributed by atoms with E-state index in [0.717, 1.165) is 0 Å². The second-order valence-electron chi connectivity index (χ2n) is 4.89. The molecule has 0 aliphatic heterocycles. The Kier molecular flexibility index (Phi) is 4.80. The molecule has 0 bridgehead atoms. The second-order valence-corrected chi connectivity index (χ2v) is 4.89. The van der Waals surface area contributed by atoms with E-state index >= 15 is 0 Å². The van der Waals surface area contributed by atoms with Crippen LogP contribution in [0.4, 0.5) is 4.79 Å². The van der Waals surface area contributed by atoms with E-state index in [1.165, 1.54) is 4.90 Å². The fourth-order valence-electron chi connectivity index (χ4n) is 1.46. The predicted molar refractivity (Wildman–Crippen MR) is 62.9 cm³/mol. The van der Waals surface area contributed by atoms with Gasteiger partial charge in [-0.1, -0.05) is 13.8 Å². The van der Waals surface area contributed by atoms with Gasteiger partial charge in [-0.25, -0.2) is 4.79 Å². The molecule has 4 nitrogen and oxygen atoms in total. The van der Waals surface area contributed by atoms with Gasteiger partial charge in [0.15, 0.2) is 0 Å². The van der Waals surface area contributed by atoms with Crippen LogP contribution in [-0.4, -0.2) is 29.2 Å². The maximum absolute atomic E-state index is 11.8. The molecule has 0 saturated carbocycles. The van der Waals surface area contributed by atoms with Crippen molar-refractivity contribution in [1.29, 1.82) is 5.26 Å². The van der Waals surface area contributed by atoms with Gasteiger partial charge in [0, 0.05) is 7.05 Å². The van der Waals surface area contributed by atoms with Crippen LogP contribution in [0.5, 0.6) is 0 Å². The molecule has 0 atom stereocenters. The lowest BCUT2D eigenvalue weighted by Gasteiger charge is -2.35. The lowest BCUT2D eigenvalue weighted by Crippen LogP contribution is -2.49. The minimum atomic E-state index is -0.762. The summed E-state index contributed by atoms with van der Waals surface area (Å²) < 4.78 is 5.25. The largest absolute Gasteiger partial charge is 0.444 e. The van der Waals surface area contributed by atoms with Crippen LogP contribution in [0, 0.1) is 11.3 Å². The van der Waals surface area contributed by atoms with E-state index in [9.17, 15) is 10.1 Å². The summed E-state index contributed by atoms with van der Waals surface area (Å²) in [7, 11) is 1.62. The molecule has 0 aromatic rings. The highest BCUT2D eigenvalue weighted by atomic mass is 16.6. The fraction of sp³-hybridized carbons (Fsp3) is 0.833. The lowest BCUT2D eigenvalue weighted by molar-refractivity contribution is 0.0128. The summed E-state index contributed by atoms with van der Waals surface area (Å²) in [5, 5.41) is 9.19. The molecule has 0 aliphatic rings. The number of carbonyl (C=O) groups is 1. The van der Waals surface area contributed by atoms with Crippen molar-refractivity contribution >= 4 is 6.09 Å². The Labute approximate surface area is 98.2 Å². The molecule has 0 spiro atoms. The molecule has 0 rings (SSSR count). The smallest absolute Gasteiger partial charge is 0.411 e. The Morgan fingerprint density at radius 2 is 1.75 bits per heavy atom. The summed E-state index contributed by atoms with van der Waals surface area (Å²) in [6, 6.07) is 2.21. The maximum Gasteiger partial charge on any atom is 0.411 e. The molecular weight excluding hydrogens is 204 g/mol. The van der Waals surface area contributed by atoms with Gasteiger partial charge in [0.25, 0.3) is 0 Å². The normalized spacial score (nSPS) is 11.8. The summed E-state index contributed by atoms with van der Waals surface area (Å²) in [5.74, 6) is 0. The van der Waals surface area contributed by atoms with Crippen molar-refractivity contribution in [2.75, 3.05) is 7.05 Å². The zero-order valence-electron chi connectivity index (χ0n) is 11.1. The van der Waals surface area contributed by atoms with Crippen molar-refractivity contribution < 1.29 is 9.53 Å². The first-order valence-electron chi connectivity index (χ1n) is 5.60. The number of nitrogens with zero attached hydrogens (tertiary/aromatic N) is 2. The van der Waals surface area contributed by atoms with Crippen LogP contribution in [0.3, 0.4) is 0 Å². The maximum atomic E-state index is 11.8. The Balaban J connectivity index is 4.84. The van der Waals surface area contributed by atoms with E-state index < -0.39 is 17.2 Å². The third-order valence-corrected chi connectivity index (χ3v) is 2.69. The molecule has 0 heterocycles. The van der Waals surface area contributed by atoms with E-state index in [1.807, 2.05) is 34.6 Å². The van der Waals surface area contributed by atoms with Gasteiger partial charge in [-0.2, -0.15) is 5.26 Å². The van der Waals surface area contributed by atoms with Crippen LogP contribution in [0.15, 0.2) is 0 Å². The minimum absolute atomic E-state index is 0.447. The van der Waals surface area contributed by atoms with E-state index in [0.29, 0.717) is 12.8 Å². The number of nitriles is 1. The molecular formula is C12H22N2O2. The first-order valence-corrected chi connectivity index (χ1v) is 5.60. The second kappa shape index (κ2) is 5.20. The Morgan fingerprint density at radius 3 is 2.00 bits per heavy atom. The molecule has 0 aromatic carbocycles. The van der Waals surface area contributed by atoms with Gasteiger partial charge in [0.05, 0.1) is 6.07 Å². The summed E-state index contributed by atoms with van der Waals surface area (Å²) >= 11 is 0. The van der Waals surface area contributed by atoms with E-state index in [2.05, 4.69) is 6.07 Å². The Hall–Kier alpha value is -1.24. The van der Waals surface area contributed by atoms with Crippen LogP contribution in [0.25, 0.3) is 0 Å². The number of hydrogen-bond donors (Lipinski definition) is 0.